The molecular weight excluding hydrogens is 196 g/mol. The van der Waals surface area contributed by atoms with Crippen LogP contribution in [0.4, 0.5) is 5.69 Å². The Labute approximate surface area is 96.6 Å². The zero-order valence-electron chi connectivity index (χ0n) is 9.69. The van der Waals surface area contributed by atoms with E-state index in [1.165, 1.54) is 25.1 Å². The Hall–Kier alpha value is -1.02. The summed E-state index contributed by atoms with van der Waals surface area (Å²) in [4.78, 5) is 2.56. The number of likely N-dealkylation sites (N-methyl/N-ethyl adjacent to an activating group) is 1. The number of fused-ring (bicyclic) bond motifs is 3. The normalized spacial score (nSPS) is 40.3. The SMILES string of the molecule is CN1CC2CCC1C1Nc3ccccc3C21. The van der Waals surface area contributed by atoms with Crippen LogP contribution < -0.4 is 5.32 Å². The first-order chi connectivity index (χ1) is 7.84. The van der Waals surface area contributed by atoms with Gasteiger partial charge in [-0.05, 0) is 37.4 Å². The average molecular weight is 214 g/mol. The van der Waals surface area contributed by atoms with E-state index in [2.05, 4.69) is 41.5 Å². The molecule has 2 saturated heterocycles. The van der Waals surface area contributed by atoms with Crippen molar-refractivity contribution in [1.82, 2.24) is 4.90 Å². The highest BCUT2D eigenvalue weighted by Gasteiger charge is 2.50. The molecule has 2 bridgehead atoms. The summed E-state index contributed by atoms with van der Waals surface area (Å²) in [5.74, 6) is 1.65. The first-order valence-corrected chi connectivity index (χ1v) is 6.40. The predicted octanol–water partition coefficient (Wildman–Crippen LogP) is 2.29. The van der Waals surface area contributed by atoms with Crippen molar-refractivity contribution in [3.8, 4) is 0 Å². The van der Waals surface area contributed by atoms with E-state index in [0.29, 0.717) is 6.04 Å². The maximum absolute atomic E-state index is 3.76. The molecule has 1 aromatic rings. The van der Waals surface area contributed by atoms with E-state index >= 15 is 0 Å². The molecule has 0 radical (unpaired) electrons. The maximum Gasteiger partial charge on any atom is 0.0489 e. The summed E-state index contributed by atoms with van der Waals surface area (Å²) >= 11 is 0. The van der Waals surface area contributed by atoms with Crippen LogP contribution >= 0.6 is 0 Å². The van der Waals surface area contributed by atoms with Crippen LogP contribution in [0.25, 0.3) is 0 Å². The summed E-state index contributed by atoms with van der Waals surface area (Å²) in [6.07, 6.45) is 2.80. The van der Waals surface area contributed by atoms with Crippen molar-refractivity contribution in [3.63, 3.8) is 0 Å². The summed E-state index contributed by atoms with van der Waals surface area (Å²) in [5, 5.41) is 3.76. The minimum absolute atomic E-state index is 0.676. The molecule has 1 saturated carbocycles. The quantitative estimate of drug-likeness (QED) is 0.713. The minimum Gasteiger partial charge on any atom is -0.380 e. The van der Waals surface area contributed by atoms with E-state index < -0.39 is 0 Å². The highest BCUT2D eigenvalue weighted by molar-refractivity contribution is 5.60. The molecule has 84 valence electrons. The number of nitrogens with zero attached hydrogens (tertiary/aromatic N) is 1. The molecule has 0 aromatic heterocycles. The Morgan fingerprint density at radius 3 is 3.00 bits per heavy atom. The highest BCUT2D eigenvalue weighted by atomic mass is 15.2. The molecule has 2 nitrogen and oxygen atoms in total. The van der Waals surface area contributed by atoms with Gasteiger partial charge in [-0.3, -0.25) is 0 Å². The first kappa shape index (κ1) is 9.06. The van der Waals surface area contributed by atoms with Gasteiger partial charge in [0.1, 0.15) is 0 Å². The highest BCUT2D eigenvalue weighted by Crippen LogP contribution is 2.51. The van der Waals surface area contributed by atoms with Crippen LogP contribution in [-0.4, -0.2) is 30.6 Å². The summed E-state index contributed by atoms with van der Waals surface area (Å²) < 4.78 is 0. The molecule has 4 unspecified atom stereocenters. The van der Waals surface area contributed by atoms with Gasteiger partial charge in [-0.15, -0.1) is 0 Å². The van der Waals surface area contributed by atoms with Crippen LogP contribution in [-0.2, 0) is 0 Å². The van der Waals surface area contributed by atoms with Crippen LogP contribution in [0.15, 0.2) is 24.3 Å². The Morgan fingerprint density at radius 2 is 2.12 bits per heavy atom. The number of anilines is 1. The Morgan fingerprint density at radius 1 is 1.25 bits per heavy atom. The molecule has 0 amide bonds. The van der Waals surface area contributed by atoms with Gasteiger partial charge in [0.25, 0.3) is 0 Å². The van der Waals surface area contributed by atoms with Gasteiger partial charge >= 0.3 is 0 Å². The second-order valence-corrected chi connectivity index (χ2v) is 5.63. The summed E-state index contributed by atoms with van der Waals surface area (Å²) in [7, 11) is 2.29. The van der Waals surface area contributed by atoms with E-state index in [-0.39, 0.29) is 0 Å². The largest absolute Gasteiger partial charge is 0.380 e. The number of para-hydroxylation sites is 1. The molecule has 3 fully saturated rings. The minimum atomic E-state index is 0.676. The van der Waals surface area contributed by atoms with E-state index in [4.69, 9.17) is 0 Å². The standard InChI is InChI=1S/C14H18N2/c1-16-8-9-6-7-12(16)14-13(9)10-4-2-3-5-11(10)15-14/h2-5,9,12-15H,6-8H2,1H3. The first-order valence-electron chi connectivity index (χ1n) is 6.40. The van der Waals surface area contributed by atoms with E-state index in [0.717, 1.165) is 17.9 Å². The smallest absolute Gasteiger partial charge is 0.0489 e. The molecule has 1 aromatic carbocycles. The van der Waals surface area contributed by atoms with Crippen molar-refractivity contribution in [2.24, 2.45) is 5.92 Å². The fourth-order valence-corrected chi connectivity index (χ4v) is 4.21. The lowest BCUT2D eigenvalue weighted by molar-refractivity contribution is 0.0459. The zero-order valence-corrected chi connectivity index (χ0v) is 9.69. The lowest BCUT2D eigenvalue weighted by atomic mass is 9.68. The van der Waals surface area contributed by atoms with Gasteiger partial charge in [0, 0.05) is 30.2 Å². The predicted molar refractivity (Wildman–Crippen MR) is 65.7 cm³/mol. The van der Waals surface area contributed by atoms with Gasteiger partial charge in [0.15, 0.2) is 0 Å². The molecule has 2 heteroatoms. The second kappa shape index (κ2) is 3.01. The van der Waals surface area contributed by atoms with Crippen LogP contribution in [0, 0.1) is 5.92 Å². The zero-order chi connectivity index (χ0) is 10.7. The van der Waals surface area contributed by atoms with Crippen LogP contribution in [0.1, 0.15) is 24.3 Å². The van der Waals surface area contributed by atoms with Crippen molar-refractivity contribution < 1.29 is 0 Å². The van der Waals surface area contributed by atoms with Crippen molar-refractivity contribution >= 4 is 5.69 Å². The Bertz CT molecular complexity index is 428. The van der Waals surface area contributed by atoms with Crippen molar-refractivity contribution in [2.45, 2.75) is 30.8 Å². The molecular formula is C14H18N2. The molecule has 5 rings (SSSR count). The summed E-state index contributed by atoms with van der Waals surface area (Å²) in [6.45, 7) is 1.29. The molecule has 1 N–H and O–H groups in total. The molecule has 4 aliphatic rings. The van der Waals surface area contributed by atoms with E-state index in [1.807, 2.05) is 0 Å². The number of hydrogen-bond acceptors (Lipinski definition) is 2. The summed E-state index contributed by atoms with van der Waals surface area (Å²) in [6, 6.07) is 10.3. The van der Waals surface area contributed by atoms with Crippen LogP contribution in [0.5, 0.6) is 0 Å². The third kappa shape index (κ3) is 1.01. The number of hydrogen-bond donors (Lipinski definition) is 1. The molecule has 1 aliphatic carbocycles. The monoisotopic (exact) mass is 214 g/mol. The van der Waals surface area contributed by atoms with Crippen LogP contribution in [0.3, 0.4) is 0 Å². The number of benzene rings is 1. The molecule has 3 heterocycles. The van der Waals surface area contributed by atoms with Crippen molar-refractivity contribution in [2.75, 3.05) is 18.9 Å². The summed E-state index contributed by atoms with van der Waals surface area (Å²) in [5.41, 5.74) is 2.97. The van der Waals surface area contributed by atoms with Gasteiger partial charge in [-0.1, -0.05) is 18.2 Å². The van der Waals surface area contributed by atoms with E-state index in [9.17, 15) is 0 Å². The molecule has 4 atom stereocenters. The molecule has 16 heavy (non-hydrogen) atoms. The second-order valence-electron chi connectivity index (χ2n) is 5.63. The van der Waals surface area contributed by atoms with Gasteiger partial charge in [-0.2, -0.15) is 0 Å². The van der Waals surface area contributed by atoms with Crippen molar-refractivity contribution in [1.29, 1.82) is 0 Å². The topological polar surface area (TPSA) is 15.3 Å². The number of rotatable bonds is 0. The van der Waals surface area contributed by atoms with Gasteiger partial charge in [0.05, 0.1) is 0 Å². The van der Waals surface area contributed by atoms with Gasteiger partial charge in [0.2, 0.25) is 0 Å². The van der Waals surface area contributed by atoms with E-state index in [1.54, 1.807) is 5.56 Å². The third-order valence-electron chi connectivity index (χ3n) is 4.87. The Balaban J connectivity index is 1.81. The average Bonchev–Trinajstić information content (AvgIpc) is 2.70. The third-order valence-corrected chi connectivity index (χ3v) is 4.87. The Kier molecular flexibility index (Phi) is 1.70. The maximum atomic E-state index is 3.76. The van der Waals surface area contributed by atoms with Gasteiger partial charge < -0.3 is 10.2 Å². The molecule has 0 spiro atoms. The van der Waals surface area contributed by atoms with Gasteiger partial charge in [-0.25, -0.2) is 0 Å². The molecule has 3 aliphatic heterocycles. The lowest BCUT2D eigenvalue weighted by Gasteiger charge is -2.51. The fourth-order valence-electron chi connectivity index (χ4n) is 4.21. The lowest BCUT2D eigenvalue weighted by Crippen LogP contribution is -2.58. The number of nitrogens with one attached hydrogen (secondary N) is 1. The van der Waals surface area contributed by atoms with Crippen LogP contribution in [0.2, 0.25) is 0 Å². The number of piperidine rings is 2. The fraction of sp³-hybridized carbons (Fsp3) is 0.571. The van der Waals surface area contributed by atoms with Crippen molar-refractivity contribution in [3.05, 3.63) is 29.8 Å².